The Morgan fingerprint density at radius 1 is 1.70 bits per heavy atom. The van der Waals surface area contributed by atoms with E-state index in [1.807, 2.05) is 20.1 Å². The van der Waals surface area contributed by atoms with E-state index in [0.717, 1.165) is 10.7 Å². The quantitative estimate of drug-likeness (QED) is 0.490. The molecule has 0 heterocycles. The van der Waals surface area contributed by atoms with Crippen LogP contribution in [0.1, 0.15) is 13.8 Å². The van der Waals surface area contributed by atoms with Crippen molar-refractivity contribution in [1.29, 1.82) is 0 Å². The zero-order valence-corrected chi connectivity index (χ0v) is 7.53. The standard InChI is InChI=1S/C7H14N2S/c1-5(2)9-7(10-4)6(3)8/h6H,1,8H2,2-4H3. The summed E-state index contributed by atoms with van der Waals surface area (Å²) in [6, 6.07) is 0.0201. The molecule has 2 N–H and O–H groups in total. The fourth-order valence-corrected chi connectivity index (χ4v) is 1.14. The highest BCUT2D eigenvalue weighted by atomic mass is 32.2. The topological polar surface area (TPSA) is 38.4 Å². The Labute approximate surface area is 66.6 Å². The number of hydrogen-bond acceptors (Lipinski definition) is 3. The normalized spacial score (nSPS) is 15.0. The molecule has 0 aromatic rings. The molecule has 2 nitrogen and oxygen atoms in total. The number of allylic oxidation sites excluding steroid dienone is 1. The zero-order chi connectivity index (χ0) is 8.15. The molecule has 0 spiro atoms. The summed E-state index contributed by atoms with van der Waals surface area (Å²) < 4.78 is 0. The largest absolute Gasteiger partial charge is 0.322 e. The molecule has 0 aromatic carbocycles. The van der Waals surface area contributed by atoms with Crippen molar-refractivity contribution in [2.75, 3.05) is 6.26 Å². The number of thioether (sulfide) groups is 1. The van der Waals surface area contributed by atoms with Crippen molar-refractivity contribution in [3.8, 4) is 0 Å². The van der Waals surface area contributed by atoms with Gasteiger partial charge in [0.2, 0.25) is 0 Å². The minimum Gasteiger partial charge on any atom is -0.322 e. The van der Waals surface area contributed by atoms with Crippen LogP contribution in [-0.4, -0.2) is 17.3 Å². The van der Waals surface area contributed by atoms with Crippen molar-refractivity contribution in [3.05, 3.63) is 12.3 Å². The first kappa shape index (κ1) is 9.72. The van der Waals surface area contributed by atoms with E-state index in [1.165, 1.54) is 0 Å². The first-order valence-corrected chi connectivity index (χ1v) is 4.34. The highest BCUT2D eigenvalue weighted by Crippen LogP contribution is 2.04. The van der Waals surface area contributed by atoms with Crippen LogP contribution in [0.2, 0.25) is 0 Å². The molecule has 0 saturated carbocycles. The van der Waals surface area contributed by atoms with E-state index >= 15 is 0 Å². The fraction of sp³-hybridized carbons (Fsp3) is 0.571. The van der Waals surface area contributed by atoms with Gasteiger partial charge in [0.15, 0.2) is 0 Å². The van der Waals surface area contributed by atoms with Crippen LogP contribution in [0.3, 0.4) is 0 Å². The highest BCUT2D eigenvalue weighted by molar-refractivity contribution is 8.13. The Hall–Kier alpha value is -0.280. The van der Waals surface area contributed by atoms with Crippen LogP contribution in [0.15, 0.2) is 17.3 Å². The average Bonchev–Trinajstić information content (AvgIpc) is 1.81. The molecule has 58 valence electrons. The van der Waals surface area contributed by atoms with E-state index in [4.69, 9.17) is 5.73 Å². The smallest absolute Gasteiger partial charge is 0.0896 e. The molecule has 0 fully saturated rings. The summed E-state index contributed by atoms with van der Waals surface area (Å²) in [5, 5.41) is 0.938. The van der Waals surface area contributed by atoms with Crippen LogP contribution < -0.4 is 5.73 Å². The maximum atomic E-state index is 5.60. The summed E-state index contributed by atoms with van der Waals surface area (Å²) in [6.07, 6.45) is 1.96. The summed E-state index contributed by atoms with van der Waals surface area (Å²) in [4.78, 5) is 4.16. The van der Waals surface area contributed by atoms with Gasteiger partial charge >= 0.3 is 0 Å². The molecule has 1 atom stereocenters. The molecule has 10 heavy (non-hydrogen) atoms. The molecule has 0 rings (SSSR count). The van der Waals surface area contributed by atoms with Crippen molar-refractivity contribution >= 4 is 16.8 Å². The van der Waals surface area contributed by atoms with E-state index in [9.17, 15) is 0 Å². The van der Waals surface area contributed by atoms with Crippen molar-refractivity contribution in [3.63, 3.8) is 0 Å². The maximum absolute atomic E-state index is 5.60. The maximum Gasteiger partial charge on any atom is 0.0896 e. The second-order valence-corrected chi connectivity index (χ2v) is 3.00. The molecule has 0 radical (unpaired) electrons. The Bertz CT molecular complexity index is 150. The van der Waals surface area contributed by atoms with E-state index in [1.54, 1.807) is 11.8 Å². The predicted molar refractivity (Wildman–Crippen MR) is 49.4 cm³/mol. The van der Waals surface area contributed by atoms with Gasteiger partial charge in [0, 0.05) is 5.70 Å². The number of nitrogens with two attached hydrogens (primary N) is 1. The monoisotopic (exact) mass is 158 g/mol. The van der Waals surface area contributed by atoms with Gasteiger partial charge in [-0.25, -0.2) is 0 Å². The van der Waals surface area contributed by atoms with Crippen LogP contribution >= 0.6 is 11.8 Å². The minimum absolute atomic E-state index is 0.0201. The highest BCUT2D eigenvalue weighted by Gasteiger charge is 2.01. The Morgan fingerprint density at radius 2 is 2.20 bits per heavy atom. The van der Waals surface area contributed by atoms with Crippen molar-refractivity contribution in [2.45, 2.75) is 19.9 Å². The lowest BCUT2D eigenvalue weighted by molar-refractivity contribution is 0.985. The first-order chi connectivity index (χ1) is 4.57. The molecule has 0 bridgehead atoms. The lowest BCUT2D eigenvalue weighted by Crippen LogP contribution is -2.23. The first-order valence-electron chi connectivity index (χ1n) is 3.11. The van der Waals surface area contributed by atoms with Crippen LogP contribution in [0.5, 0.6) is 0 Å². The Morgan fingerprint density at radius 3 is 2.30 bits per heavy atom. The third kappa shape index (κ3) is 3.69. The number of aliphatic imine (C=N–C) groups is 1. The van der Waals surface area contributed by atoms with Gasteiger partial charge in [0.05, 0.1) is 11.1 Å². The lowest BCUT2D eigenvalue weighted by Gasteiger charge is -2.05. The van der Waals surface area contributed by atoms with E-state index < -0.39 is 0 Å². The second kappa shape index (κ2) is 4.52. The minimum atomic E-state index is 0.0201. The van der Waals surface area contributed by atoms with E-state index in [-0.39, 0.29) is 6.04 Å². The zero-order valence-electron chi connectivity index (χ0n) is 6.72. The molecule has 0 aliphatic heterocycles. The molecule has 0 amide bonds. The molecule has 0 saturated heterocycles. The van der Waals surface area contributed by atoms with Crippen LogP contribution in [0.25, 0.3) is 0 Å². The Kier molecular flexibility index (Phi) is 4.40. The van der Waals surface area contributed by atoms with Gasteiger partial charge < -0.3 is 5.73 Å². The third-order valence-electron chi connectivity index (χ3n) is 0.900. The van der Waals surface area contributed by atoms with Gasteiger partial charge in [-0.2, -0.15) is 0 Å². The van der Waals surface area contributed by atoms with Gasteiger partial charge in [0.1, 0.15) is 0 Å². The lowest BCUT2D eigenvalue weighted by atomic mass is 10.4. The van der Waals surface area contributed by atoms with Crippen LogP contribution in [0.4, 0.5) is 0 Å². The van der Waals surface area contributed by atoms with E-state index in [0.29, 0.717) is 0 Å². The summed E-state index contributed by atoms with van der Waals surface area (Å²) >= 11 is 1.57. The number of nitrogens with zero attached hydrogens (tertiary/aromatic N) is 1. The van der Waals surface area contributed by atoms with Gasteiger partial charge in [-0.15, -0.1) is 11.8 Å². The molecule has 0 aliphatic rings. The number of hydrogen-bond donors (Lipinski definition) is 1. The molecule has 3 heteroatoms. The third-order valence-corrected chi connectivity index (χ3v) is 1.78. The SMILES string of the molecule is C=C(C)N=C(SC)C(C)N. The van der Waals surface area contributed by atoms with Crippen molar-refractivity contribution in [2.24, 2.45) is 10.7 Å². The fourth-order valence-electron chi connectivity index (χ4n) is 0.521. The van der Waals surface area contributed by atoms with Crippen molar-refractivity contribution < 1.29 is 0 Å². The molecular formula is C7H14N2S. The molecule has 1 unspecified atom stereocenters. The summed E-state index contributed by atoms with van der Waals surface area (Å²) in [7, 11) is 0. The van der Waals surface area contributed by atoms with Gasteiger partial charge in [-0.3, -0.25) is 4.99 Å². The van der Waals surface area contributed by atoms with Crippen molar-refractivity contribution in [1.82, 2.24) is 0 Å². The second-order valence-electron chi connectivity index (χ2n) is 2.18. The van der Waals surface area contributed by atoms with Crippen LogP contribution in [0, 0.1) is 0 Å². The average molecular weight is 158 g/mol. The van der Waals surface area contributed by atoms with Gasteiger partial charge in [-0.1, -0.05) is 6.58 Å². The summed E-state index contributed by atoms with van der Waals surface area (Å²) in [5.41, 5.74) is 6.41. The van der Waals surface area contributed by atoms with Gasteiger partial charge in [-0.05, 0) is 20.1 Å². The molecule has 0 aliphatic carbocycles. The predicted octanol–water partition coefficient (Wildman–Crippen LogP) is 1.63. The van der Waals surface area contributed by atoms with Crippen LogP contribution in [-0.2, 0) is 0 Å². The summed E-state index contributed by atoms with van der Waals surface area (Å²) in [5.74, 6) is 0. The Balaban J connectivity index is 4.18. The molecule has 0 aromatic heterocycles. The molecular weight excluding hydrogens is 144 g/mol. The van der Waals surface area contributed by atoms with Gasteiger partial charge in [0.25, 0.3) is 0 Å². The van der Waals surface area contributed by atoms with E-state index in [2.05, 4.69) is 11.6 Å². The summed E-state index contributed by atoms with van der Waals surface area (Å²) in [6.45, 7) is 7.44. The number of rotatable bonds is 2.